The van der Waals surface area contributed by atoms with Crippen LogP contribution in [0.4, 0.5) is 0 Å². The number of hydrogen-bond acceptors (Lipinski definition) is 5. The number of halogens is 1. The van der Waals surface area contributed by atoms with E-state index in [1.807, 2.05) is 0 Å². The molecule has 0 amide bonds. The monoisotopic (exact) mass is 279 g/mol. The van der Waals surface area contributed by atoms with Crippen LogP contribution in [-0.2, 0) is 10.3 Å². The molecule has 0 atom stereocenters. The summed E-state index contributed by atoms with van der Waals surface area (Å²) in [6, 6.07) is 1.63. The first-order chi connectivity index (χ1) is 9.22. The minimum atomic E-state index is -0.614. The number of benzene rings is 1. The lowest BCUT2D eigenvalue weighted by molar-refractivity contribution is 0.111. The molecule has 0 radical (unpaired) electrons. The van der Waals surface area contributed by atoms with E-state index in [0.717, 1.165) is 12.8 Å². The maximum atomic E-state index is 11.1. The number of rotatable bonds is 3. The number of carbonyl (C=O) groups is 1. The number of isocyanates is 1. The van der Waals surface area contributed by atoms with Gasteiger partial charge < -0.3 is 9.47 Å². The van der Waals surface area contributed by atoms with Gasteiger partial charge in [0.2, 0.25) is 6.08 Å². The van der Waals surface area contributed by atoms with Crippen LogP contribution < -0.4 is 9.47 Å². The predicted molar refractivity (Wildman–Crippen MR) is 66.9 cm³/mol. The quantitative estimate of drug-likeness (QED) is 0.483. The normalized spacial score (nSPS) is 18.4. The molecule has 19 heavy (non-hydrogen) atoms. The zero-order valence-electron chi connectivity index (χ0n) is 9.94. The Kier molecular flexibility index (Phi) is 2.81. The van der Waals surface area contributed by atoms with E-state index in [1.54, 1.807) is 12.1 Å². The molecule has 0 unspecified atom stereocenters. The molecule has 0 saturated heterocycles. The fraction of sp³-hybridized carbons (Fsp3) is 0.385. The number of nitrogens with zero attached hydrogens (tertiary/aromatic N) is 1. The molecule has 5 nitrogen and oxygen atoms in total. The van der Waals surface area contributed by atoms with Crippen LogP contribution in [0.3, 0.4) is 0 Å². The van der Waals surface area contributed by atoms with E-state index in [4.69, 9.17) is 21.1 Å². The van der Waals surface area contributed by atoms with Gasteiger partial charge in [0.25, 0.3) is 0 Å². The van der Waals surface area contributed by atoms with Crippen molar-refractivity contribution in [2.75, 3.05) is 13.2 Å². The summed E-state index contributed by atoms with van der Waals surface area (Å²) in [4.78, 5) is 25.5. The molecule has 0 aromatic heterocycles. The van der Waals surface area contributed by atoms with Crippen molar-refractivity contribution in [1.82, 2.24) is 0 Å². The fourth-order valence-electron chi connectivity index (χ4n) is 2.30. The average molecular weight is 280 g/mol. The molecule has 0 spiro atoms. The van der Waals surface area contributed by atoms with E-state index in [9.17, 15) is 9.59 Å². The summed E-state index contributed by atoms with van der Waals surface area (Å²) in [6.45, 7) is 0.748. The molecule has 1 saturated carbocycles. The largest absolute Gasteiger partial charge is 0.486 e. The molecule has 1 aromatic rings. The van der Waals surface area contributed by atoms with Gasteiger partial charge in [-0.05, 0) is 18.9 Å². The summed E-state index contributed by atoms with van der Waals surface area (Å²) in [7, 11) is 0. The van der Waals surface area contributed by atoms with Crippen LogP contribution in [0, 0.1) is 0 Å². The summed E-state index contributed by atoms with van der Waals surface area (Å²) in [5.41, 5.74) is 0.351. The molecule has 0 bridgehead atoms. The standard InChI is InChI=1S/C13H10ClNO4/c14-10-5-9(13(1-2-13)15-7-17)12-11(8(10)6-16)18-3-4-19-12/h5-6H,1-4H2. The highest BCUT2D eigenvalue weighted by Crippen LogP contribution is 2.56. The Hall–Kier alpha value is -1.84. The molecule has 2 aliphatic rings. The number of fused-ring (bicyclic) bond motifs is 1. The second-order valence-electron chi connectivity index (χ2n) is 4.53. The third-order valence-electron chi connectivity index (χ3n) is 3.40. The molecule has 1 fully saturated rings. The molecule has 1 aliphatic heterocycles. The Balaban J connectivity index is 2.23. The van der Waals surface area contributed by atoms with E-state index in [-0.39, 0.29) is 10.6 Å². The van der Waals surface area contributed by atoms with Crippen LogP contribution in [0.2, 0.25) is 5.02 Å². The van der Waals surface area contributed by atoms with Crippen molar-refractivity contribution in [3.05, 3.63) is 22.2 Å². The van der Waals surface area contributed by atoms with Crippen LogP contribution in [-0.4, -0.2) is 25.6 Å². The van der Waals surface area contributed by atoms with Gasteiger partial charge in [-0.15, -0.1) is 0 Å². The molecular weight excluding hydrogens is 270 g/mol. The van der Waals surface area contributed by atoms with Gasteiger partial charge >= 0.3 is 0 Å². The summed E-state index contributed by atoms with van der Waals surface area (Å²) in [6.07, 6.45) is 3.69. The maximum Gasteiger partial charge on any atom is 0.235 e. The van der Waals surface area contributed by atoms with E-state index in [0.29, 0.717) is 36.6 Å². The topological polar surface area (TPSA) is 65.0 Å². The SMILES string of the molecule is O=C=NC1(c2cc(Cl)c(C=O)c3c2OCCO3)CC1. The Morgan fingerprint density at radius 2 is 2.00 bits per heavy atom. The molecular formula is C13H10ClNO4. The minimum absolute atomic E-state index is 0.269. The summed E-state index contributed by atoms with van der Waals surface area (Å²) in [5, 5.41) is 0.279. The second kappa shape index (κ2) is 4.37. The van der Waals surface area contributed by atoms with Crippen LogP contribution in [0.15, 0.2) is 11.1 Å². The lowest BCUT2D eigenvalue weighted by Crippen LogP contribution is -2.20. The Labute approximate surface area is 114 Å². The second-order valence-corrected chi connectivity index (χ2v) is 4.93. The third-order valence-corrected chi connectivity index (χ3v) is 3.72. The maximum absolute atomic E-state index is 11.1. The summed E-state index contributed by atoms with van der Waals surface area (Å²) >= 11 is 6.09. The molecule has 1 aromatic carbocycles. The van der Waals surface area contributed by atoms with Gasteiger partial charge in [-0.3, -0.25) is 4.79 Å². The fourth-order valence-corrected chi connectivity index (χ4v) is 2.54. The number of aliphatic imine (C=N–C) groups is 1. The molecule has 1 aliphatic carbocycles. The van der Waals surface area contributed by atoms with Crippen molar-refractivity contribution in [2.24, 2.45) is 4.99 Å². The van der Waals surface area contributed by atoms with E-state index >= 15 is 0 Å². The first kappa shape index (κ1) is 12.2. The number of carbonyl (C=O) groups excluding carboxylic acids is 2. The van der Waals surface area contributed by atoms with Gasteiger partial charge in [-0.2, -0.15) is 4.99 Å². The van der Waals surface area contributed by atoms with Crippen molar-refractivity contribution in [3.8, 4) is 11.5 Å². The molecule has 1 heterocycles. The lowest BCUT2D eigenvalue weighted by atomic mass is 10.0. The molecule has 0 N–H and O–H groups in total. The van der Waals surface area contributed by atoms with E-state index in [1.165, 1.54) is 0 Å². The van der Waals surface area contributed by atoms with Gasteiger partial charge in [0.1, 0.15) is 18.8 Å². The van der Waals surface area contributed by atoms with Crippen molar-refractivity contribution in [1.29, 1.82) is 0 Å². The van der Waals surface area contributed by atoms with Crippen molar-refractivity contribution in [3.63, 3.8) is 0 Å². The molecule has 98 valence electrons. The van der Waals surface area contributed by atoms with Gasteiger partial charge in [-0.1, -0.05) is 11.6 Å². The zero-order valence-corrected chi connectivity index (χ0v) is 10.7. The van der Waals surface area contributed by atoms with Crippen molar-refractivity contribution >= 4 is 24.0 Å². The van der Waals surface area contributed by atoms with E-state index in [2.05, 4.69) is 4.99 Å². The predicted octanol–water partition coefficient (Wildman–Crippen LogP) is 2.25. The highest BCUT2D eigenvalue weighted by molar-refractivity contribution is 6.33. The van der Waals surface area contributed by atoms with Crippen molar-refractivity contribution < 1.29 is 19.1 Å². The van der Waals surface area contributed by atoms with Gasteiger partial charge in [0, 0.05) is 5.56 Å². The minimum Gasteiger partial charge on any atom is -0.486 e. The highest BCUT2D eigenvalue weighted by Gasteiger charge is 2.48. The zero-order chi connectivity index (χ0) is 13.5. The van der Waals surface area contributed by atoms with Gasteiger partial charge in [0.05, 0.1) is 10.6 Å². The summed E-state index contributed by atoms with van der Waals surface area (Å²) < 4.78 is 11.1. The summed E-state index contributed by atoms with van der Waals surface area (Å²) in [5.74, 6) is 0.811. The van der Waals surface area contributed by atoms with Crippen molar-refractivity contribution in [2.45, 2.75) is 18.4 Å². The Morgan fingerprint density at radius 1 is 1.32 bits per heavy atom. The number of aldehydes is 1. The van der Waals surface area contributed by atoms with E-state index < -0.39 is 5.54 Å². The van der Waals surface area contributed by atoms with Gasteiger partial charge in [0.15, 0.2) is 17.8 Å². The average Bonchev–Trinajstić information content (AvgIpc) is 3.19. The first-order valence-electron chi connectivity index (χ1n) is 5.88. The third kappa shape index (κ3) is 1.82. The first-order valence-corrected chi connectivity index (χ1v) is 6.26. The Bertz CT molecular complexity index is 603. The number of ether oxygens (including phenoxy) is 2. The van der Waals surface area contributed by atoms with Gasteiger partial charge in [-0.25, -0.2) is 4.79 Å². The van der Waals surface area contributed by atoms with Crippen LogP contribution >= 0.6 is 11.6 Å². The van der Waals surface area contributed by atoms with Crippen LogP contribution in [0.25, 0.3) is 0 Å². The smallest absolute Gasteiger partial charge is 0.235 e. The Morgan fingerprint density at radius 3 is 2.58 bits per heavy atom. The van der Waals surface area contributed by atoms with Crippen LogP contribution in [0.5, 0.6) is 11.5 Å². The number of hydrogen-bond donors (Lipinski definition) is 0. The molecule has 3 rings (SSSR count). The lowest BCUT2D eigenvalue weighted by Gasteiger charge is -2.25. The van der Waals surface area contributed by atoms with Crippen LogP contribution in [0.1, 0.15) is 28.8 Å². The highest BCUT2D eigenvalue weighted by atomic mass is 35.5. The molecule has 6 heteroatoms.